The van der Waals surface area contributed by atoms with Crippen LogP contribution in [-0.4, -0.2) is 65.0 Å². The van der Waals surface area contributed by atoms with Crippen molar-refractivity contribution < 1.29 is 22.7 Å². The van der Waals surface area contributed by atoms with Crippen LogP contribution in [0.15, 0.2) is 58.7 Å². The lowest BCUT2D eigenvalue weighted by atomic mass is 9.96. The van der Waals surface area contributed by atoms with E-state index in [0.29, 0.717) is 34.8 Å². The van der Waals surface area contributed by atoms with Crippen LogP contribution >= 0.6 is 11.8 Å². The summed E-state index contributed by atoms with van der Waals surface area (Å²) >= 11 is 1.30. The molecule has 0 bridgehead atoms. The number of aromatic nitrogens is 2. The summed E-state index contributed by atoms with van der Waals surface area (Å²) in [5, 5.41) is 0.257. The first-order chi connectivity index (χ1) is 18.6. The minimum absolute atomic E-state index is 0.0601. The van der Waals surface area contributed by atoms with E-state index in [1.165, 1.54) is 29.5 Å². The van der Waals surface area contributed by atoms with E-state index in [1.54, 1.807) is 35.2 Å². The molecule has 1 saturated heterocycles. The topological polar surface area (TPSA) is 67.7 Å². The number of ether oxygens (including phenoxy) is 1. The molecule has 7 nitrogen and oxygen atoms in total. The van der Waals surface area contributed by atoms with E-state index >= 15 is 0 Å². The molecule has 2 aliphatic rings. The number of rotatable bonds is 5. The Bertz CT molecular complexity index is 1480. The maximum atomic E-state index is 14.7. The average Bonchev–Trinajstić information content (AvgIpc) is 2.90. The van der Waals surface area contributed by atoms with Crippen molar-refractivity contribution in [3.63, 3.8) is 0 Å². The molecule has 1 aromatic heterocycles. The van der Waals surface area contributed by atoms with Gasteiger partial charge >= 0.3 is 11.9 Å². The molecule has 11 heteroatoms. The maximum absolute atomic E-state index is 14.7. The van der Waals surface area contributed by atoms with Gasteiger partial charge in [-0.05, 0) is 31.6 Å². The molecular weight excluding hydrogens is 529 g/mol. The van der Waals surface area contributed by atoms with Crippen LogP contribution in [0.2, 0.25) is 0 Å². The van der Waals surface area contributed by atoms with Crippen molar-refractivity contribution in [2.75, 3.05) is 37.5 Å². The molecule has 3 heterocycles. The zero-order valence-corrected chi connectivity index (χ0v) is 22.7. The molecule has 0 unspecified atom stereocenters. The fourth-order valence-electron chi connectivity index (χ4n) is 5.80. The van der Waals surface area contributed by atoms with Crippen LogP contribution in [0.5, 0.6) is 0 Å². The molecule has 0 aliphatic carbocycles. The second-order valence-corrected chi connectivity index (χ2v) is 11.0. The van der Waals surface area contributed by atoms with E-state index in [-0.39, 0.29) is 47.4 Å². The molecule has 206 valence electrons. The molecule has 3 atom stereocenters. The molecule has 5 rings (SSSR count). The number of alkyl halides is 3. The van der Waals surface area contributed by atoms with Gasteiger partial charge in [-0.15, -0.1) is 11.8 Å². The third-order valence-corrected chi connectivity index (χ3v) is 8.54. The second-order valence-electron chi connectivity index (χ2n) is 9.95. The molecule has 39 heavy (non-hydrogen) atoms. The van der Waals surface area contributed by atoms with Gasteiger partial charge in [-0.1, -0.05) is 36.9 Å². The molecule has 2 aliphatic heterocycles. The van der Waals surface area contributed by atoms with Crippen molar-refractivity contribution in [3.05, 3.63) is 65.1 Å². The standard InChI is InChI=1S/C28H29F3N4O3S/c1-5-22(36)34-16(2)12-33(13-17(34)3)26-20-11-21(28(29,30)31)23(18-9-7-6-8-10-18)25-24(20)35(27(37)32-26)19(14-38-4)15-39-25/h5-11,16-17,19H,1,12-15H2,2-4H3/t16-,17+,19-/m0/s1. The predicted octanol–water partition coefficient (Wildman–Crippen LogP) is 4.99. The molecule has 2 aromatic carbocycles. The highest BCUT2D eigenvalue weighted by Crippen LogP contribution is 2.49. The number of hydrogen-bond acceptors (Lipinski definition) is 6. The maximum Gasteiger partial charge on any atom is 0.417 e. The molecule has 0 spiro atoms. The van der Waals surface area contributed by atoms with Crippen LogP contribution in [0.4, 0.5) is 19.0 Å². The van der Waals surface area contributed by atoms with E-state index in [2.05, 4.69) is 11.6 Å². The molecule has 0 N–H and O–H groups in total. The van der Waals surface area contributed by atoms with Gasteiger partial charge < -0.3 is 14.5 Å². The van der Waals surface area contributed by atoms with Gasteiger partial charge in [-0.25, -0.2) is 4.79 Å². The Labute approximate surface area is 228 Å². The number of piperazine rings is 1. The van der Waals surface area contributed by atoms with Crippen molar-refractivity contribution in [2.45, 2.75) is 43.0 Å². The van der Waals surface area contributed by atoms with Crippen LogP contribution in [0.25, 0.3) is 22.0 Å². The summed E-state index contributed by atoms with van der Waals surface area (Å²) in [6.45, 7) is 8.14. The van der Waals surface area contributed by atoms with Crippen LogP contribution in [-0.2, 0) is 15.7 Å². The van der Waals surface area contributed by atoms with Crippen LogP contribution < -0.4 is 10.6 Å². The van der Waals surface area contributed by atoms with E-state index in [1.807, 2.05) is 18.7 Å². The summed E-state index contributed by atoms with van der Waals surface area (Å²) in [6, 6.07) is 8.66. The van der Waals surface area contributed by atoms with Crippen LogP contribution in [0.3, 0.4) is 0 Å². The largest absolute Gasteiger partial charge is 0.417 e. The second kappa shape index (κ2) is 10.3. The highest BCUT2D eigenvalue weighted by molar-refractivity contribution is 7.99. The Hall–Kier alpha value is -3.31. The summed E-state index contributed by atoms with van der Waals surface area (Å²) in [5.41, 5.74) is -0.394. The zero-order chi connectivity index (χ0) is 28.1. The number of amides is 1. The number of thioether (sulfide) groups is 1. The molecule has 1 fully saturated rings. The molecule has 1 amide bonds. The van der Waals surface area contributed by atoms with Gasteiger partial charge in [-0.2, -0.15) is 18.2 Å². The summed E-state index contributed by atoms with van der Waals surface area (Å²) in [7, 11) is 1.53. The smallest absolute Gasteiger partial charge is 0.383 e. The number of anilines is 1. The number of methoxy groups -OCH3 is 1. The van der Waals surface area contributed by atoms with E-state index < -0.39 is 17.4 Å². The first-order valence-corrected chi connectivity index (χ1v) is 13.6. The van der Waals surface area contributed by atoms with Gasteiger partial charge in [0.2, 0.25) is 5.91 Å². The SMILES string of the molecule is C=CC(=O)N1[C@H](C)CN(c2nc(=O)n3c4c(c(-c5ccccc5)c(C(F)(F)F)cc24)SC[C@@H]3COC)C[C@@H]1C. The minimum atomic E-state index is -4.65. The Kier molecular flexibility index (Phi) is 7.23. The Morgan fingerprint density at radius 3 is 2.46 bits per heavy atom. The molecule has 0 saturated carbocycles. The fourth-order valence-corrected chi connectivity index (χ4v) is 7.12. The van der Waals surface area contributed by atoms with Gasteiger partial charge in [0.1, 0.15) is 5.82 Å². The normalized spacial score (nSPS) is 21.3. The lowest BCUT2D eigenvalue weighted by Crippen LogP contribution is -2.58. The average molecular weight is 559 g/mol. The van der Waals surface area contributed by atoms with Crippen molar-refractivity contribution in [2.24, 2.45) is 0 Å². The summed E-state index contributed by atoms with van der Waals surface area (Å²) in [5.74, 6) is 0.347. The summed E-state index contributed by atoms with van der Waals surface area (Å²) in [4.78, 5) is 34.3. The summed E-state index contributed by atoms with van der Waals surface area (Å²) in [6.07, 6.45) is -3.39. The van der Waals surface area contributed by atoms with Crippen molar-refractivity contribution in [1.29, 1.82) is 0 Å². The lowest BCUT2D eigenvalue weighted by molar-refractivity contribution is -0.137. The third kappa shape index (κ3) is 4.71. The molecule has 0 radical (unpaired) electrons. The Balaban J connectivity index is 1.81. The third-order valence-electron chi connectivity index (χ3n) is 7.30. The number of carbonyl (C=O) groups is 1. The quantitative estimate of drug-likeness (QED) is 0.412. The van der Waals surface area contributed by atoms with E-state index in [9.17, 15) is 22.8 Å². The first kappa shape index (κ1) is 27.3. The van der Waals surface area contributed by atoms with Gasteiger partial charge in [0.15, 0.2) is 0 Å². The van der Waals surface area contributed by atoms with Crippen LogP contribution in [0.1, 0.15) is 25.5 Å². The number of carbonyl (C=O) groups excluding carboxylic acids is 1. The minimum Gasteiger partial charge on any atom is -0.383 e. The predicted molar refractivity (Wildman–Crippen MR) is 146 cm³/mol. The van der Waals surface area contributed by atoms with Gasteiger partial charge in [0, 0.05) is 53.9 Å². The summed E-state index contributed by atoms with van der Waals surface area (Å²) < 4.78 is 50.8. The van der Waals surface area contributed by atoms with Crippen molar-refractivity contribution in [1.82, 2.24) is 14.5 Å². The number of benzene rings is 2. The van der Waals surface area contributed by atoms with Gasteiger partial charge in [-0.3, -0.25) is 9.36 Å². The zero-order valence-electron chi connectivity index (χ0n) is 21.9. The van der Waals surface area contributed by atoms with E-state index in [4.69, 9.17) is 4.74 Å². The lowest BCUT2D eigenvalue weighted by Gasteiger charge is -2.45. The number of nitrogens with zero attached hydrogens (tertiary/aromatic N) is 4. The highest BCUT2D eigenvalue weighted by Gasteiger charge is 2.40. The molecular formula is C28H29F3N4O3S. The Morgan fingerprint density at radius 1 is 1.21 bits per heavy atom. The van der Waals surface area contributed by atoms with Crippen LogP contribution in [0, 0.1) is 0 Å². The number of halogens is 3. The van der Waals surface area contributed by atoms with Gasteiger partial charge in [0.25, 0.3) is 0 Å². The Morgan fingerprint density at radius 2 is 1.87 bits per heavy atom. The van der Waals surface area contributed by atoms with Crippen molar-refractivity contribution >= 4 is 34.4 Å². The monoisotopic (exact) mass is 558 g/mol. The first-order valence-electron chi connectivity index (χ1n) is 12.6. The molecule has 3 aromatic rings. The fraction of sp³-hybridized carbons (Fsp3) is 0.393. The van der Waals surface area contributed by atoms with Gasteiger partial charge in [0.05, 0.1) is 23.7 Å². The number of hydrogen-bond donors (Lipinski definition) is 0. The highest BCUT2D eigenvalue weighted by atomic mass is 32.2. The van der Waals surface area contributed by atoms with Crippen molar-refractivity contribution in [3.8, 4) is 11.1 Å². The van der Waals surface area contributed by atoms with E-state index in [0.717, 1.165) is 6.07 Å².